The van der Waals surface area contributed by atoms with Crippen LogP contribution < -0.4 is 0 Å². The van der Waals surface area contributed by atoms with E-state index in [1.165, 1.54) is 22.6 Å². The average Bonchev–Trinajstić information content (AvgIpc) is 2.96. The molecule has 0 aromatic carbocycles. The molecule has 2 aromatic heterocycles. The van der Waals surface area contributed by atoms with Gasteiger partial charge in [-0.15, -0.1) is 11.3 Å². The maximum Gasteiger partial charge on any atom is 0.345 e. The van der Waals surface area contributed by atoms with Gasteiger partial charge < -0.3 is 5.11 Å². The van der Waals surface area contributed by atoms with E-state index in [0.717, 1.165) is 49.6 Å². The first-order valence-corrected chi connectivity index (χ1v) is 8.35. The predicted octanol–water partition coefficient (Wildman–Crippen LogP) is 2.75. The van der Waals surface area contributed by atoms with Crippen LogP contribution in [-0.2, 0) is 25.9 Å². The number of aromatic nitrogens is 2. The van der Waals surface area contributed by atoms with Gasteiger partial charge in [0.25, 0.3) is 0 Å². The second-order valence-corrected chi connectivity index (χ2v) is 6.71. The summed E-state index contributed by atoms with van der Waals surface area (Å²) in [6.07, 6.45) is 4.89. The van der Waals surface area contributed by atoms with Crippen LogP contribution in [0.15, 0.2) is 18.3 Å². The Morgan fingerprint density at radius 3 is 3.05 bits per heavy atom. The molecular formula is C16H19N3O2S. The van der Waals surface area contributed by atoms with Crippen LogP contribution >= 0.6 is 11.3 Å². The lowest BCUT2D eigenvalue weighted by molar-refractivity contribution is 0.0702. The minimum atomic E-state index is -0.850. The van der Waals surface area contributed by atoms with E-state index in [2.05, 4.69) is 21.8 Å². The van der Waals surface area contributed by atoms with Crippen LogP contribution in [0.3, 0.4) is 0 Å². The van der Waals surface area contributed by atoms with Crippen LogP contribution in [0.1, 0.15) is 45.0 Å². The van der Waals surface area contributed by atoms with Gasteiger partial charge in [-0.25, -0.2) is 14.8 Å². The zero-order valence-electron chi connectivity index (χ0n) is 12.6. The van der Waals surface area contributed by atoms with E-state index < -0.39 is 5.97 Å². The Bertz CT molecular complexity index is 684. The number of thiophene rings is 1. The number of fused-ring (bicyclic) bond motifs is 1. The van der Waals surface area contributed by atoms with Crippen molar-refractivity contribution in [1.29, 1.82) is 0 Å². The summed E-state index contributed by atoms with van der Waals surface area (Å²) in [4.78, 5) is 23.8. The summed E-state index contributed by atoms with van der Waals surface area (Å²) in [6, 6.07) is 3.59. The number of carboxylic acid groups (broad SMARTS) is 1. The molecule has 1 N–H and O–H groups in total. The van der Waals surface area contributed by atoms with Crippen molar-refractivity contribution in [3.8, 4) is 0 Å². The number of rotatable bonds is 5. The minimum absolute atomic E-state index is 0.403. The fraction of sp³-hybridized carbons (Fsp3) is 0.438. The van der Waals surface area contributed by atoms with Gasteiger partial charge in [0.1, 0.15) is 10.7 Å². The van der Waals surface area contributed by atoms with Crippen molar-refractivity contribution in [3.05, 3.63) is 45.2 Å². The molecule has 0 saturated heterocycles. The molecule has 1 aliphatic heterocycles. The highest BCUT2D eigenvalue weighted by Crippen LogP contribution is 2.22. The first-order chi connectivity index (χ1) is 10.7. The SMILES string of the molecule is CCCc1ncc2c(n1)CCN(Cc1ccc(C(=O)O)s1)C2. The second kappa shape index (κ2) is 6.54. The summed E-state index contributed by atoms with van der Waals surface area (Å²) < 4.78 is 0. The number of carboxylic acids is 1. The lowest BCUT2D eigenvalue weighted by Gasteiger charge is -2.27. The Morgan fingerprint density at radius 1 is 1.45 bits per heavy atom. The molecule has 1 aliphatic rings. The van der Waals surface area contributed by atoms with Gasteiger partial charge in [-0.2, -0.15) is 0 Å². The molecule has 6 heteroatoms. The van der Waals surface area contributed by atoms with Crippen molar-refractivity contribution < 1.29 is 9.90 Å². The zero-order valence-corrected chi connectivity index (χ0v) is 13.4. The zero-order chi connectivity index (χ0) is 15.5. The molecule has 22 heavy (non-hydrogen) atoms. The van der Waals surface area contributed by atoms with E-state index in [1.807, 2.05) is 12.3 Å². The molecule has 0 unspecified atom stereocenters. The highest BCUT2D eigenvalue weighted by molar-refractivity contribution is 7.13. The van der Waals surface area contributed by atoms with Crippen LogP contribution in [0.5, 0.6) is 0 Å². The Morgan fingerprint density at radius 2 is 2.32 bits per heavy atom. The molecule has 0 bridgehead atoms. The largest absolute Gasteiger partial charge is 0.477 e. The van der Waals surface area contributed by atoms with Crippen LogP contribution in [0, 0.1) is 0 Å². The number of hydrogen-bond donors (Lipinski definition) is 1. The maximum absolute atomic E-state index is 10.9. The van der Waals surface area contributed by atoms with E-state index in [9.17, 15) is 4.79 Å². The molecule has 3 heterocycles. The van der Waals surface area contributed by atoms with Gasteiger partial charge in [0.05, 0.1) is 0 Å². The predicted molar refractivity (Wildman–Crippen MR) is 85.1 cm³/mol. The molecular weight excluding hydrogens is 298 g/mol. The van der Waals surface area contributed by atoms with Gasteiger partial charge in [0, 0.05) is 54.8 Å². The molecule has 0 saturated carbocycles. The maximum atomic E-state index is 10.9. The topological polar surface area (TPSA) is 66.3 Å². The third-order valence-electron chi connectivity index (χ3n) is 3.79. The lowest BCUT2D eigenvalue weighted by Crippen LogP contribution is -2.30. The third kappa shape index (κ3) is 3.34. The molecule has 5 nitrogen and oxygen atoms in total. The van der Waals surface area contributed by atoms with Crippen LogP contribution in [0.4, 0.5) is 0 Å². The summed E-state index contributed by atoms with van der Waals surface area (Å²) in [5.74, 6) is 0.0937. The summed E-state index contributed by atoms with van der Waals surface area (Å²) in [7, 11) is 0. The van der Waals surface area contributed by atoms with E-state index in [0.29, 0.717) is 4.88 Å². The van der Waals surface area contributed by atoms with Gasteiger partial charge in [0.2, 0.25) is 0 Å². The molecule has 0 radical (unpaired) electrons. The average molecular weight is 317 g/mol. The minimum Gasteiger partial charge on any atom is -0.477 e. The Labute approximate surface area is 133 Å². The van der Waals surface area contributed by atoms with Crippen LogP contribution in [0.2, 0.25) is 0 Å². The number of carbonyl (C=O) groups is 1. The fourth-order valence-electron chi connectivity index (χ4n) is 2.69. The fourth-order valence-corrected chi connectivity index (χ4v) is 3.58. The first kappa shape index (κ1) is 15.1. The molecule has 3 rings (SSSR count). The first-order valence-electron chi connectivity index (χ1n) is 7.53. The Kier molecular flexibility index (Phi) is 4.49. The Balaban J connectivity index is 1.67. The summed E-state index contributed by atoms with van der Waals surface area (Å²) in [5, 5.41) is 8.98. The third-order valence-corrected chi connectivity index (χ3v) is 4.85. The molecule has 2 aromatic rings. The van der Waals surface area contributed by atoms with E-state index in [4.69, 9.17) is 5.11 Å². The van der Waals surface area contributed by atoms with Crippen molar-refractivity contribution >= 4 is 17.3 Å². The van der Waals surface area contributed by atoms with Crippen molar-refractivity contribution in [1.82, 2.24) is 14.9 Å². The normalized spacial score (nSPS) is 14.8. The summed E-state index contributed by atoms with van der Waals surface area (Å²) in [6.45, 7) is 4.71. The summed E-state index contributed by atoms with van der Waals surface area (Å²) >= 11 is 1.35. The number of aromatic carboxylic acids is 1. The molecule has 0 atom stereocenters. The van der Waals surface area contributed by atoms with E-state index in [1.54, 1.807) is 6.07 Å². The molecule has 0 spiro atoms. The highest BCUT2D eigenvalue weighted by atomic mass is 32.1. The van der Waals surface area contributed by atoms with Gasteiger partial charge in [-0.05, 0) is 18.6 Å². The number of nitrogens with zero attached hydrogens (tertiary/aromatic N) is 3. The van der Waals surface area contributed by atoms with Gasteiger partial charge in [-0.1, -0.05) is 6.92 Å². The highest BCUT2D eigenvalue weighted by Gasteiger charge is 2.19. The van der Waals surface area contributed by atoms with Gasteiger partial charge >= 0.3 is 5.97 Å². The van der Waals surface area contributed by atoms with Crippen molar-refractivity contribution in [2.24, 2.45) is 0 Å². The number of hydrogen-bond acceptors (Lipinski definition) is 5. The van der Waals surface area contributed by atoms with Crippen molar-refractivity contribution in [2.75, 3.05) is 6.54 Å². The van der Waals surface area contributed by atoms with Gasteiger partial charge in [-0.3, -0.25) is 4.90 Å². The standard InChI is InChI=1S/C16H19N3O2S/c1-2-3-15-17-8-11-9-19(7-6-13(11)18-15)10-12-4-5-14(22-12)16(20)21/h4-5,8H,2-3,6-7,9-10H2,1H3,(H,20,21). The monoisotopic (exact) mass is 317 g/mol. The molecule has 116 valence electrons. The molecule has 0 aliphatic carbocycles. The summed E-state index contributed by atoms with van der Waals surface area (Å²) in [5.41, 5.74) is 2.37. The van der Waals surface area contributed by atoms with Crippen LogP contribution in [0.25, 0.3) is 0 Å². The second-order valence-electron chi connectivity index (χ2n) is 5.54. The van der Waals surface area contributed by atoms with E-state index >= 15 is 0 Å². The van der Waals surface area contributed by atoms with Gasteiger partial charge in [0.15, 0.2) is 0 Å². The lowest BCUT2D eigenvalue weighted by atomic mass is 10.1. The smallest absolute Gasteiger partial charge is 0.345 e. The molecule has 0 fully saturated rings. The quantitative estimate of drug-likeness (QED) is 0.918. The van der Waals surface area contributed by atoms with E-state index in [-0.39, 0.29) is 0 Å². The van der Waals surface area contributed by atoms with Crippen molar-refractivity contribution in [2.45, 2.75) is 39.3 Å². The van der Waals surface area contributed by atoms with Crippen molar-refractivity contribution in [3.63, 3.8) is 0 Å². The van der Waals surface area contributed by atoms with Crippen LogP contribution in [-0.4, -0.2) is 32.5 Å². The molecule has 0 amide bonds. The Hall–Kier alpha value is -1.79. The number of aryl methyl sites for hydroxylation is 1.